The van der Waals surface area contributed by atoms with Crippen LogP contribution in [0.25, 0.3) is 33.9 Å². The van der Waals surface area contributed by atoms with Gasteiger partial charge in [-0.05, 0) is 12.1 Å². The normalized spacial score (nSPS) is 10.5. The third-order valence-corrected chi connectivity index (χ3v) is 4.46. The number of hydrogen-bond acceptors (Lipinski definition) is 2. The van der Waals surface area contributed by atoms with Crippen molar-refractivity contribution in [3.05, 3.63) is 84.9 Å². The first-order chi connectivity index (χ1) is 13.3. The molecule has 0 aliphatic rings. The highest BCUT2D eigenvalue weighted by Crippen LogP contribution is 2.38. The van der Waals surface area contributed by atoms with Crippen molar-refractivity contribution >= 4 is 0 Å². The summed E-state index contributed by atoms with van der Waals surface area (Å²) in [5.41, 5.74) is 4.48. The summed E-state index contributed by atoms with van der Waals surface area (Å²) < 4.78 is 1.99. The van der Waals surface area contributed by atoms with E-state index in [0.29, 0.717) is 17.9 Å². The molecule has 0 saturated carbocycles. The van der Waals surface area contributed by atoms with Crippen LogP contribution in [0.1, 0.15) is 0 Å². The molecule has 0 bridgehead atoms. The number of aromatic hydroxyl groups is 1. The van der Waals surface area contributed by atoms with Gasteiger partial charge in [0.2, 0.25) is 0 Å². The minimum absolute atomic E-state index is 0.181. The molecule has 0 fully saturated rings. The molecule has 4 rings (SSSR count). The summed E-state index contributed by atoms with van der Waals surface area (Å²) in [5, 5.41) is 10.4. The Bertz CT molecular complexity index is 1110. The highest BCUT2D eigenvalue weighted by molar-refractivity contribution is 5.83. The highest BCUT2D eigenvalue weighted by atomic mass is 16.3. The van der Waals surface area contributed by atoms with Gasteiger partial charge in [0.15, 0.2) is 0 Å². The largest absolute Gasteiger partial charge is 0.507 e. The first-order valence-electron chi connectivity index (χ1n) is 8.73. The quantitative estimate of drug-likeness (QED) is 0.512. The summed E-state index contributed by atoms with van der Waals surface area (Å²) in [6, 6.07) is 27.3. The van der Waals surface area contributed by atoms with Crippen molar-refractivity contribution < 1.29 is 5.11 Å². The summed E-state index contributed by atoms with van der Waals surface area (Å²) in [6.45, 7) is 0.355. The summed E-state index contributed by atoms with van der Waals surface area (Å²) in [6.07, 6.45) is 5.68. The zero-order valence-electron chi connectivity index (χ0n) is 14.7. The molecular formula is C24H18N2O. The van der Waals surface area contributed by atoms with Crippen LogP contribution in [-0.4, -0.2) is 14.7 Å². The average Bonchev–Trinajstić information content (AvgIpc) is 3.09. The molecule has 3 aromatic carbocycles. The first-order valence-corrected chi connectivity index (χ1v) is 8.73. The van der Waals surface area contributed by atoms with Crippen molar-refractivity contribution in [2.75, 3.05) is 0 Å². The second kappa shape index (κ2) is 7.23. The molecule has 1 heterocycles. The van der Waals surface area contributed by atoms with Crippen LogP contribution >= 0.6 is 0 Å². The van der Waals surface area contributed by atoms with E-state index < -0.39 is 0 Å². The van der Waals surface area contributed by atoms with Gasteiger partial charge in [-0.2, -0.15) is 0 Å². The van der Waals surface area contributed by atoms with Gasteiger partial charge in [-0.3, -0.25) is 0 Å². The molecule has 1 N–H and O–H groups in total. The molecule has 1 aromatic heterocycles. The zero-order chi connectivity index (χ0) is 18.6. The highest BCUT2D eigenvalue weighted by Gasteiger charge is 2.21. The number of phenols is 1. The lowest BCUT2D eigenvalue weighted by atomic mass is 10.0. The number of aromatic nitrogens is 2. The maximum atomic E-state index is 10.4. The fourth-order valence-electron chi connectivity index (χ4n) is 3.25. The van der Waals surface area contributed by atoms with Crippen molar-refractivity contribution in [2.45, 2.75) is 6.54 Å². The SMILES string of the molecule is C#CCn1c(-c2ccccc2O)nc(-c2ccccc2)c1-c1ccccc1. The second-order valence-corrected chi connectivity index (χ2v) is 6.17. The lowest BCUT2D eigenvalue weighted by Gasteiger charge is -2.11. The number of rotatable bonds is 4. The van der Waals surface area contributed by atoms with Gasteiger partial charge < -0.3 is 9.67 Å². The Kier molecular flexibility index (Phi) is 4.47. The zero-order valence-corrected chi connectivity index (χ0v) is 14.7. The maximum Gasteiger partial charge on any atom is 0.145 e. The van der Waals surface area contributed by atoms with Gasteiger partial charge in [-0.1, -0.05) is 78.7 Å². The Morgan fingerprint density at radius 2 is 1.41 bits per heavy atom. The lowest BCUT2D eigenvalue weighted by Crippen LogP contribution is -2.01. The maximum absolute atomic E-state index is 10.4. The van der Waals surface area contributed by atoms with E-state index in [0.717, 1.165) is 22.5 Å². The van der Waals surface area contributed by atoms with E-state index in [-0.39, 0.29) is 5.75 Å². The second-order valence-electron chi connectivity index (χ2n) is 6.17. The van der Waals surface area contributed by atoms with Crippen LogP contribution in [0.2, 0.25) is 0 Å². The minimum Gasteiger partial charge on any atom is -0.507 e. The van der Waals surface area contributed by atoms with Crippen LogP contribution in [0.5, 0.6) is 5.75 Å². The van der Waals surface area contributed by atoms with Gasteiger partial charge in [-0.15, -0.1) is 6.42 Å². The van der Waals surface area contributed by atoms with Crippen LogP contribution in [0, 0.1) is 12.3 Å². The molecule has 0 aliphatic carbocycles. The van der Waals surface area contributed by atoms with Crippen molar-refractivity contribution in [1.82, 2.24) is 9.55 Å². The van der Waals surface area contributed by atoms with Crippen LogP contribution in [0.3, 0.4) is 0 Å². The summed E-state index contributed by atoms with van der Waals surface area (Å²) in [7, 11) is 0. The molecule has 0 atom stereocenters. The molecule has 3 nitrogen and oxygen atoms in total. The summed E-state index contributed by atoms with van der Waals surface area (Å²) >= 11 is 0. The number of phenolic OH excluding ortho intramolecular Hbond substituents is 1. The number of terminal acetylenes is 1. The van der Waals surface area contributed by atoms with E-state index in [4.69, 9.17) is 11.4 Å². The molecule has 0 aliphatic heterocycles. The fraction of sp³-hybridized carbons (Fsp3) is 0.0417. The van der Waals surface area contributed by atoms with E-state index in [1.54, 1.807) is 12.1 Å². The Morgan fingerprint density at radius 3 is 2.04 bits per heavy atom. The van der Waals surface area contributed by atoms with Crippen LogP contribution in [0.15, 0.2) is 84.9 Å². The molecule has 27 heavy (non-hydrogen) atoms. The number of benzene rings is 3. The predicted octanol–water partition coefficient (Wildman–Crippen LogP) is 5.22. The van der Waals surface area contributed by atoms with Crippen LogP contribution < -0.4 is 0 Å². The smallest absolute Gasteiger partial charge is 0.145 e. The molecule has 0 amide bonds. The van der Waals surface area contributed by atoms with Gasteiger partial charge >= 0.3 is 0 Å². The minimum atomic E-state index is 0.181. The molecule has 0 spiro atoms. The molecule has 0 saturated heterocycles. The molecule has 4 aromatic rings. The standard InChI is InChI=1S/C24H18N2O/c1-2-17-26-23(19-13-7-4-8-14-19)22(18-11-5-3-6-12-18)25-24(26)20-15-9-10-16-21(20)27/h1,3-16,27H,17H2. The van der Waals surface area contributed by atoms with Gasteiger partial charge in [0.05, 0.1) is 23.5 Å². The Morgan fingerprint density at radius 1 is 0.815 bits per heavy atom. The number of nitrogens with zero attached hydrogens (tertiary/aromatic N) is 2. The third kappa shape index (κ3) is 3.09. The summed E-state index contributed by atoms with van der Waals surface area (Å²) in [5.74, 6) is 3.57. The summed E-state index contributed by atoms with van der Waals surface area (Å²) in [4.78, 5) is 4.91. The topological polar surface area (TPSA) is 38.0 Å². The fourth-order valence-corrected chi connectivity index (χ4v) is 3.25. The van der Waals surface area contributed by atoms with E-state index in [9.17, 15) is 5.11 Å². The predicted molar refractivity (Wildman–Crippen MR) is 109 cm³/mol. The van der Waals surface area contributed by atoms with Crippen molar-refractivity contribution in [3.63, 3.8) is 0 Å². The molecule has 0 radical (unpaired) electrons. The number of hydrogen-bond donors (Lipinski definition) is 1. The van der Waals surface area contributed by atoms with Crippen molar-refractivity contribution in [3.8, 4) is 52.0 Å². The average molecular weight is 350 g/mol. The lowest BCUT2D eigenvalue weighted by molar-refractivity contribution is 0.476. The monoisotopic (exact) mass is 350 g/mol. The molecule has 0 unspecified atom stereocenters. The van der Waals surface area contributed by atoms with Crippen LogP contribution in [-0.2, 0) is 6.54 Å². The molecular weight excluding hydrogens is 332 g/mol. The van der Waals surface area contributed by atoms with Gasteiger partial charge in [-0.25, -0.2) is 4.98 Å². The Balaban J connectivity index is 2.06. The van der Waals surface area contributed by atoms with Crippen molar-refractivity contribution in [1.29, 1.82) is 0 Å². The number of para-hydroxylation sites is 1. The van der Waals surface area contributed by atoms with Gasteiger partial charge in [0.1, 0.15) is 11.6 Å². The van der Waals surface area contributed by atoms with E-state index in [2.05, 4.69) is 5.92 Å². The van der Waals surface area contributed by atoms with E-state index >= 15 is 0 Å². The van der Waals surface area contributed by atoms with E-state index in [1.165, 1.54) is 0 Å². The first kappa shape index (κ1) is 16.7. The number of imidazole rings is 1. The van der Waals surface area contributed by atoms with E-state index in [1.807, 2.05) is 77.4 Å². The molecule has 130 valence electrons. The third-order valence-electron chi connectivity index (χ3n) is 4.46. The van der Waals surface area contributed by atoms with Gasteiger partial charge in [0.25, 0.3) is 0 Å². The van der Waals surface area contributed by atoms with Crippen LogP contribution in [0.4, 0.5) is 0 Å². The van der Waals surface area contributed by atoms with Gasteiger partial charge in [0, 0.05) is 11.1 Å². The Hall–Kier alpha value is -3.77. The Labute approximate surface area is 158 Å². The van der Waals surface area contributed by atoms with Crippen molar-refractivity contribution in [2.24, 2.45) is 0 Å². The molecule has 3 heteroatoms.